The molecule has 48 heavy (non-hydrogen) atoms. The van der Waals surface area contributed by atoms with Crippen LogP contribution >= 0.6 is 0 Å². The van der Waals surface area contributed by atoms with Gasteiger partial charge < -0.3 is 30.1 Å². The predicted molar refractivity (Wildman–Crippen MR) is 184 cm³/mol. The molecule has 3 saturated heterocycles. The summed E-state index contributed by atoms with van der Waals surface area (Å²) in [6.07, 6.45) is 5.12. The average molecular weight is 657 g/mol. The Morgan fingerprint density at radius 3 is 2.46 bits per heavy atom. The van der Waals surface area contributed by atoms with Gasteiger partial charge in [-0.05, 0) is 80.9 Å². The maximum atomic E-state index is 14.1. The average Bonchev–Trinajstić information content (AvgIpc) is 3.40. The largest absolute Gasteiger partial charge is 0.436 e. The fraction of sp³-hybridized carbons (Fsp3) is 0.556. The van der Waals surface area contributed by atoms with E-state index in [-0.39, 0.29) is 18.0 Å². The molecule has 0 aliphatic carbocycles. The van der Waals surface area contributed by atoms with Crippen molar-refractivity contribution in [3.05, 3.63) is 59.3 Å². The van der Waals surface area contributed by atoms with E-state index in [2.05, 4.69) is 38.8 Å². The highest BCUT2D eigenvalue weighted by molar-refractivity contribution is 5.91. The number of amides is 4. The zero-order valence-electron chi connectivity index (χ0n) is 28.2. The minimum absolute atomic E-state index is 0.0335. The molecule has 2 aromatic carbocycles. The molecule has 7 rings (SSSR count). The molecule has 2 N–H and O–H groups in total. The molecule has 1 aromatic heterocycles. The van der Waals surface area contributed by atoms with Gasteiger partial charge in [-0.1, -0.05) is 24.3 Å². The minimum Gasteiger partial charge on any atom is -0.436 e. The first-order chi connectivity index (χ1) is 23.3. The number of anilines is 1. The molecule has 12 heteroatoms. The number of carbonyl (C=O) groups excluding carboxylic acids is 3. The zero-order valence-corrected chi connectivity index (χ0v) is 28.2. The smallest absolute Gasteiger partial charge is 0.410 e. The van der Waals surface area contributed by atoms with Crippen LogP contribution in [0.25, 0.3) is 10.9 Å². The van der Waals surface area contributed by atoms with E-state index in [1.165, 1.54) is 0 Å². The van der Waals surface area contributed by atoms with E-state index in [4.69, 9.17) is 4.74 Å². The van der Waals surface area contributed by atoms with Gasteiger partial charge in [-0.3, -0.25) is 14.4 Å². The molecule has 0 spiro atoms. The van der Waals surface area contributed by atoms with Gasteiger partial charge >= 0.3 is 12.1 Å². The van der Waals surface area contributed by atoms with Crippen LogP contribution in [0.15, 0.2) is 42.6 Å². The number of fused-ring (bicyclic) bond motifs is 2. The molecule has 4 aliphatic rings. The second-order valence-corrected chi connectivity index (χ2v) is 13.8. The summed E-state index contributed by atoms with van der Waals surface area (Å²) in [4.78, 5) is 48.9. The van der Waals surface area contributed by atoms with Crippen molar-refractivity contribution in [1.29, 1.82) is 0 Å². The fourth-order valence-electron chi connectivity index (χ4n) is 8.12. The maximum Gasteiger partial charge on any atom is 0.410 e. The third-order valence-electron chi connectivity index (χ3n) is 10.8. The van der Waals surface area contributed by atoms with Crippen molar-refractivity contribution in [3.63, 3.8) is 0 Å². The number of para-hydroxylation sites is 1. The molecule has 0 radical (unpaired) electrons. The van der Waals surface area contributed by atoms with E-state index in [0.717, 1.165) is 78.7 Å². The first-order valence-electron chi connectivity index (χ1n) is 17.6. The van der Waals surface area contributed by atoms with Crippen LogP contribution < -0.4 is 10.6 Å². The number of hydrogen-bond acceptors (Lipinski definition) is 7. The first-order valence-corrected chi connectivity index (χ1v) is 17.6. The van der Waals surface area contributed by atoms with Gasteiger partial charge in [0.1, 0.15) is 0 Å². The third-order valence-corrected chi connectivity index (χ3v) is 10.8. The van der Waals surface area contributed by atoms with E-state index in [1.807, 2.05) is 52.8 Å². The molecular weight excluding hydrogens is 608 g/mol. The minimum atomic E-state index is -0.927. The van der Waals surface area contributed by atoms with Crippen molar-refractivity contribution in [2.24, 2.45) is 7.05 Å². The summed E-state index contributed by atoms with van der Waals surface area (Å²) < 4.78 is 7.99. The highest BCUT2D eigenvalue weighted by Crippen LogP contribution is 2.26. The Labute approximate surface area is 282 Å². The molecule has 12 nitrogen and oxygen atoms in total. The molecule has 0 saturated carbocycles. The number of urea groups is 1. The lowest BCUT2D eigenvalue weighted by Crippen LogP contribution is -2.56. The topological polar surface area (TPSA) is 115 Å². The summed E-state index contributed by atoms with van der Waals surface area (Å²) in [5, 5.41) is 11.9. The highest BCUT2D eigenvalue weighted by Gasteiger charge is 2.36. The normalized spacial score (nSPS) is 20.7. The molecule has 4 aliphatic heterocycles. The fourth-order valence-corrected chi connectivity index (χ4v) is 8.12. The molecule has 4 amide bonds. The summed E-state index contributed by atoms with van der Waals surface area (Å²) in [5.74, 6) is -0.132. The van der Waals surface area contributed by atoms with Crippen molar-refractivity contribution in [1.82, 2.24) is 34.7 Å². The molecule has 5 heterocycles. The van der Waals surface area contributed by atoms with Gasteiger partial charge in [0.2, 0.25) is 0 Å². The van der Waals surface area contributed by atoms with Crippen molar-refractivity contribution < 1.29 is 19.1 Å². The van der Waals surface area contributed by atoms with Gasteiger partial charge in [0.25, 0.3) is 5.91 Å². The van der Waals surface area contributed by atoms with Crippen molar-refractivity contribution in [2.45, 2.75) is 63.6 Å². The van der Waals surface area contributed by atoms with Crippen molar-refractivity contribution in [3.8, 4) is 0 Å². The van der Waals surface area contributed by atoms with Gasteiger partial charge in [-0.15, -0.1) is 0 Å². The molecule has 0 bridgehead atoms. The Bertz CT molecular complexity index is 1640. The van der Waals surface area contributed by atoms with Crippen LogP contribution in [0, 0.1) is 6.92 Å². The number of hydrogen-bond donors (Lipinski definition) is 2. The first kappa shape index (κ1) is 32.4. The summed E-state index contributed by atoms with van der Waals surface area (Å²) >= 11 is 0. The van der Waals surface area contributed by atoms with Crippen LogP contribution in [0.3, 0.4) is 0 Å². The van der Waals surface area contributed by atoms with Crippen LogP contribution in [0.5, 0.6) is 0 Å². The van der Waals surface area contributed by atoms with E-state index < -0.39 is 12.2 Å². The Morgan fingerprint density at radius 1 is 0.938 bits per heavy atom. The predicted octanol–water partition coefficient (Wildman–Crippen LogP) is 3.38. The lowest BCUT2D eigenvalue weighted by atomic mass is 10.0. The summed E-state index contributed by atoms with van der Waals surface area (Å²) in [6.45, 7) is 8.63. The lowest BCUT2D eigenvalue weighted by molar-refractivity contribution is -0.143. The Morgan fingerprint density at radius 2 is 1.69 bits per heavy atom. The van der Waals surface area contributed by atoms with Crippen LogP contribution in [0.2, 0.25) is 0 Å². The monoisotopic (exact) mass is 656 g/mol. The SMILES string of the molecule is Cc1cc(C[C@@H](OC(=O)N2CCC(N3CCc4ccccc4NC3=O)CC2)C(=O)N2CCN(C3CCNCC3)CC2)cc2cnn(C)c12. The molecule has 3 fully saturated rings. The molecule has 256 valence electrons. The molecule has 1 atom stereocenters. The summed E-state index contributed by atoms with van der Waals surface area (Å²) in [5.41, 5.74) is 5.07. The number of ether oxygens (including phenoxy) is 1. The van der Waals surface area contributed by atoms with Gasteiger partial charge in [0.05, 0.1) is 11.7 Å². The van der Waals surface area contributed by atoms with Gasteiger partial charge in [0.15, 0.2) is 6.10 Å². The highest BCUT2D eigenvalue weighted by atomic mass is 16.6. The van der Waals surface area contributed by atoms with Crippen molar-refractivity contribution >= 4 is 34.6 Å². The third kappa shape index (κ3) is 6.86. The lowest BCUT2D eigenvalue weighted by Gasteiger charge is -2.41. The number of piperazine rings is 1. The Hall–Kier alpha value is -4.16. The Balaban J connectivity index is 1.01. The number of aromatic nitrogens is 2. The molecule has 0 unspecified atom stereocenters. The van der Waals surface area contributed by atoms with E-state index in [0.29, 0.717) is 58.0 Å². The van der Waals surface area contributed by atoms with Crippen LogP contribution in [-0.4, -0.2) is 125 Å². The number of likely N-dealkylation sites (tertiary alicyclic amines) is 1. The number of aryl methyl sites for hydroxylation is 2. The van der Waals surface area contributed by atoms with Crippen molar-refractivity contribution in [2.75, 3.05) is 64.2 Å². The number of piperidine rings is 2. The quantitative estimate of drug-likeness (QED) is 0.418. The summed E-state index contributed by atoms with van der Waals surface area (Å²) in [7, 11) is 1.92. The van der Waals surface area contributed by atoms with Gasteiger partial charge in [0, 0.05) is 82.4 Å². The number of nitrogens with zero attached hydrogens (tertiary/aromatic N) is 6. The number of carbonyl (C=O) groups is 3. The summed E-state index contributed by atoms with van der Waals surface area (Å²) in [6, 6.07) is 12.6. The van der Waals surface area contributed by atoms with Crippen LogP contribution in [-0.2, 0) is 29.4 Å². The van der Waals surface area contributed by atoms with E-state index in [9.17, 15) is 14.4 Å². The van der Waals surface area contributed by atoms with Crippen LogP contribution in [0.1, 0.15) is 42.4 Å². The maximum absolute atomic E-state index is 14.1. The second kappa shape index (κ2) is 14.1. The number of rotatable bonds is 6. The number of nitrogens with one attached hydrogen (secondary N) is 2. The van der Waals surface area contributed by atoms with E-state index >= 15 is 0 Å². The standard InChI is InChI=1S/C36H48N8O4/c1-25-21-26(22-28-24-38-40(2)33(25)28)23-32(34(45)42-19-17-41(18-20-42)29-7-12-37-13-8-29)48-36(47)43-14-10-30(11-15-43)44-16-9-27-5-3-4-6-31(27)39-35(44)46/h3-6,21-22,24,29-30,32,37H,7-20,23H2,1-2H3,(H,39,46)/t32-/m1/s1. The second-order valence-electron chi connectivity index (χ2n) is 13.8. The van der Waals surface area contributed by atoms with Crippen LogP contribution in [0.4, 0.5) is 15.3 Å². The van der Waals surface area contributed by atoms with Gasteiger partial charge in [-0.25, -0.2) is 9.59 Å². The molecule has 3 aromatic rings. The zero-order chi connectivity index (χ0) is 33.2. The van der Waals surface area contributed by atoms with E-state index in [1.54, 1.807) is 4.90 Å². The molecular formula is C36H48N8O4. The Kier molecular flexibility index (Phi) is 9.54. The number of benzene rings is 2. The van der Waals surface area contributed by atoms with Gasteiger partial charge in [-0.2, -0.15) is 5.10 Å².